The van der Waals surface area contributed by atoms with Crippen molar-refractivity contribution in [3.05, 3.63) is 58.4 Å². The zero-order chi connectivity index (χ0) is 17.7. The van der Waals surface area contributed by atoms with Crippen LogP contribution in [0.15, 0.2) is 36.4 Å². The minimum atomic E-state index is -0.154. The monoisotopic (exact) mass is 345 g/mol. The average Bonchev–Trinajstić information content (AvgIpc) is 2.79. The van der Waals surface area contributed by atoms with Crippen molar-refractivity contribution in [3.63, 3.8) is 0 Å². The molecule has 0 saturated carbocycles. The number of aromatic nitrogens is 2. The van der Waals surface area contributed by atoms with Crippen LogP contribution < -0.4 is 5.32 Å². The predicted octanol–water partition coefficient (Wildman–Crippen LogP) is 4.39. The van der Waals surface area contributed by atoms with E-state index in [9.17, 15) is 4.79 Å². The zero-order valence-corrected chi connectivity index (χ0v) is 15.3. The first-order chi connectivity index (χ1) is 11.4. The van der Waals surface area contributed by atoms with Gasteiger partial charge in [0.2, 0.25) is 5.91 Å². The summed E-state index contributed by atoms with van der Waals surface area (Å²) in [4.78, 5) is 12.1. The van der Waals surface area contributed by atoms with Crippen LogP contribution in [0.2, 0.25) is 5.15 Å². The van der Waals surface area contributed by atoms with Gasteiger partial charge in [0.25, 0.3) is 0 Å². The van der Waals surface area contributed by atoms with E-state index in [2.05, 4.69) is 24.3 Å². The van der Waals surface area contributed by atoms with E-state index in [0.29, 0.717) is 11.1 Å². The summed E-state index contributed by atoms with van der Waals surface area (Å²) in [6.07, 6.45) is 3.24. The first-order valence-electron chi connectivity index (χ1n) is 8.15. The molecule has 24 heavy (non-hydrogen) atoms. The van der Waals surface area contributed by atoms with Gasteiger partial charge in [0.1, 0.15) is 5.15 Å². The van der Waals surface area contributed by atoms with E-state index >= 15 is 0 Å². The van der Waals surface area contributed by atoms with Gasteiger partial charge in [-0.05, 0) is 31.4 Å². The molecule has 5 heteroatoms. The quantitative estimate of drug-likeness (QED) is 0.789. The van der Waals surface area contributed by atoms with Gasteiger partial charge in [-0.25, -0.2) is 0 Å². The number of nitrogens with zero attached hydrogens (tertiary/aromatic N) is 2. The lowest BCUT2D eigenvalue weighted by Crippen LogP contribution is -2.24. The molecule has 0 bridgehead atoms. The summed E-state index contributed by atoms with van der Waals surface area (Å²) in [7, 11) is 0. The number of hydrogen-bond acceptors (Lipinski definition) is 2. The Labute approximate surface area is 148 Å². The maximum atomic E-state index is 12.1. The van der Waals surface area contributed by atoms with Gasteiger partial charge in [-0.2, -0.15) is 5.10 Å². The smallest absolute Gasteiger partial charge is 0.244 e. The number of carbonyl (C=O) groups is 1. The molecular formula is C19H24ClN3O. The molecule has 1 atom stereocenters. The summed E-state index contributed by atoms with van der Waals surface area (Å²) in [5.74, 6) is 0.298. The molecular weight excluding hydrogens is 322 g/mol. The first kappa shape index (κ1) is 18.3. The minimum absolute atomic E-state index is 0.0522. The molecule has 2 aromatic rings. The molecule has 2 rings (SSSR count). The highest BCUT2D eigenvalue weighted by molar-refractivity contribution is 6.31. The molecule has 0 spiro atoms. The Hall–Kier alpha value is -2.07. The number of amides is 1. The van der Waals surface area contributed by atoms with E-state index in [1.807, 2.05) is 44.2 Å². The molecule has 1 aromatic heterocycles. The van der Waals surface area contributed by atoms with Crippen molar-refractivity contribution < 1.29 is 4.79 Å². The fourth-order valence-electron chi connectivity index (χ4n) is 2.47. The van der Waals surface area contributed by atoms with Crippen molar-refractivity contribution in [2.75, 3.05) is 0 Å². The Morgan fingerprint density at radius 2 is 1.96 bits per heavy atom. The van der Waals surface area contributed by atoms with E-state index in [0.717, 1.165) is 23.4 Å². The normalized spacial score (nSPS) is 12.8. The third-order valence-corrected chi connectivity index (χ3v) is 4.11. The highest BCUT2D eigenvalue weighted by atomic mass is 35.5. The molecule has 0 aliphatic heterocycles. The molecule has 1 aromatic carbocycles. The summed E-state index contributed by atoms with van der Waals surface area (Å²) in [6, 6.07) is 9.80. The molecule has 1 amide bonds. The predicted molar refractivity (Wildman–Crippen MR) is 98.8 cm³/mol. The number of carbonyl (C=O) groups excluding carboxylic acids is 1. The van der Waals surface area contributed by atoms with Gasteiger partial charge in [0.15, 0.2) is 0 Å². The zero-order valence-electron chi connectivity index (χ0n) is 14.6. The Morgan fingerprint density at radius 1 is 1.29 bits per heavy atom. The van der Waals surface area contributed by atoms with Crippen LogP contribution in [0.4, 0.5) is 0 Å². The number of rotatable bonds is 6. The van der Waals surface area contributed by atoms with Crippen LogP contribution >= 0.6 is 11.6 Å². The lowest BCUT2D eigenvalue weighted by molar-refractivity contribution is -0.117. The van der Waals surface area contributed by atoms with E-state index in [1.165, 1.54) is 6.08 Å². The van der Waals surface area contributed by atoms with Gasteiger partial charge in [-0.3, -0.25) is 9.48 Å². The van der Waals surface area contributed by atoms with Crippen molar-refractivity contribution in [1.29, 1.82) is 0 Å². The molecule has 0 saturated heterocycles. The van der Waals surface area contributed by atoms with E-state index in [-0.39, 0.29) is 11.9 Å². The van der Waals surface area contributed by atoms with Gasteiger partial charge in [0, 0.05) is 18.2 Å². The Kier molecular flexibility index (Phi) is 6.21. The lowest BCUT2D eigenvalue weighted by Gasteiger charge is -2.12. The summed E-state index contributed by atoms with van der Waals surface area (Å²) < 4.78 is 1.78. The standard InChI is InChI=1S/C19H24ClN3O/c1-13(2)12-23-19(20)17(15(4)22-23)10-11-18(24)21-14(3)16-8-6-5-7-9-16/h5-11,13-14H,12H2,1-4H3,(H,21,24)/b11-10+/t14-/m0/s1. The van der Waals surface area contributed by atoms with E-state index in [4.69, 9.17) is 11.6 Å². The SMILES string of the molecule is Cc1nn(CC(C)C)c(Cl)c1/C=C/C(=O)N[C@@H](C)c1ccccc1. The molecule has 0 aliphatic rings. The van der Waals surface area contributed by atoms with Gasteiger partial charge in [-0.15, -0.1) is 0 Å². The van der Waals surface area contributed by atoms with Crippen LogP contribution in [0.25, 0.3) is 6.08 Å². The Balaban J connectivity index is 2.05. The van der Waals surface area contributed by atoms with Crippen molar-refractivity contribution in [3.8, 4) is 0 Å². The van der Waals surface area contributed by atoms with Gasteiger partial charge < -0.3 is 5.32 Å². The molecule has 1 heterocycles. The molecule has 4 nitrogen and oxygen atoms in total. The second-order valence-corrected chi connectivity index (χ2v) is 6.70. The molecule has 0 unspecified atom stereocenters. The third-order valence-electron chi connectivity index (χ3n) is 3.71. The van der Waals surface area contributed by atoms with Crippen molar-refractivity contribution in [2.24, 2.45) is 5.92 Å². The third kappa shape index (κ3) is 4.71. The van der Waals surface area contributed by atoms with Crippen LogP contribution in [-0.2, 0) is 11.3 Å². The van der Waals surface area contributed by atoms with Crippen molar-refractivity contribution >= 4 is 23.6 Å². The second-order valence-electron chi connectivity index (χ2n) is 6.34. The van der Waals surface area contributed by atoms with E-state index < -0.39 is 0 Å². The number of aryl methyl sites for hydroxylation is 1. The highest BCUT2D eigenvalue weighted by Gasteiger charge is 2.13. The van der Waals surface area contributed by atoms with Crippen LogP contribution in [-0.4, -0.2) is 15.7 Å². The van der Waals surface area contributed by atoms with Gasteiger partial charge >= 0.3 is 0 Å². The molecule has 0 aliphatic carbocycles. The highest BCUT2D eigenvalue weighted by Crippen LogP contribution is 2.22. The maximum Gasteiger partial charge on any atom is 0.244 e. The number of halogens is 1. The van der Waals surface area contributed by atoms with Crippen LogP contribution in [0.3, 0.4) is 0 Å². The average molecular weight is 346 g/mol. The topological polar surface area (TPSA) is 46.9 Å². The first-order valence-corrected chi connectivity index (χ1v) is 8.52. The Morgan fingerprint density at radius 3 is 2.58 bits per heavy atom. The van der Waals surface area contributed by atoms with Crippen LogP contribution in [0, 0.1) is 12.8 Å². The van der Waals surface area contributed by atoms with Crippen LogP contribution in [0.5, 0.6) is 0 Å². The van der Waals surface area contributed by atoms with Crippen LogP contribution in [0.1, 0.15) is 43.6 Å². The van der Waals surface area contributed by atoms with E-state index in [1.54, 1.807) is 10.8 Å². The molecule has 0 fully saturated rings. The number of benzene rings is 1. The van der Waals surface area contributed by atoms with Gasteiger partial charge in [0.05, 0.1) is 11.7 Å². The number of hydrogen-bond donors (Lipinski definition) is 1. The fraction of sp³-hybridized carbons (Fsp3) is 0.368. The maximum absolute atomic E-state index is 12.1. The summed E-state index contributed by atoms with van der Waals surface area (Å²) in [6.45, 7) is 8.83. The minimum Gasteiger partial charge on any atom is -0.346 e. The van der Waals surface area contributed by atoms with Crippen molar-refractivity contribution in [1.82, 2.24) is 15.1 Å². The van der Waals surface area contributed by atoms with Gasteiger partial charge in [-0.1, -0.05) is 55.8 Å². The molecule has 1 N–H and O–H groups in total. The summed E-state index contributed by atoms with van der Waals surface area (Å²) in [5.41, 5.74) is 2.68. The molecule has 128 valence electrons. The Bertz CT molecular complexity index is 720. The fourth-order valence-corrected chi connectivity index (χ4v) is 2.78. The van der Waals surface area contributed by atoms with Crippen molar-refractivity contribution in [2.45, 2.75) is 40.3 Å². The number of nitrogens with one attached hydrogen (secondary N) is 1. The second kappa shape index (κ2) is 8.15. The summed E-state index contributed by atoms with van der Waals surface area (Å²) in [5, 5.41) is 7.96. The summed E-state index contributed by atoms with van der Waals surface area (Å²) >= 11 is 6.38. The molecule has 0 radical (unpaired) electrons. The lowest BCUT2D eigenvalue weighted by atomic mass is 10.1. The largest absolute Gasteiger partial charge is 0.346 e.